The lowest BCUT2D eigenvalue weighted by Gasteiger charge is -2.13. The highest BCUT2D eigenvalue weighted by Gasteiger charge is 2.16. The minimum absolute atomic E-state index is 0.0865. The number of nitrogens with one attached hydrogen (secondary N) is 1. The van der Waals surface area contributed by atoms with Gasteiger partial charge in [-0.2, -0.15) is 0 Å². The predicted octanol–water partition coefficient (Wildman–Crippen LogP) is 0.904. The molecule has 0 aliphatic carbocycles. The SMILES string of the molecule is CC(CCCN)C(=O)NCCC1CCOC1. The molecule has 4 nitrogen and oxygen atoms in total. The molecule has 0 aromatic heterocycles. The Morgan fingerprint density at radius 1 is 1.62 bits per heavy atom. The number of hydrogen-bond acceptors (Lipinski definition) is 3. The van der Waals surface area contributed by atoms with Gasteiger partial charge in [0.25, 0.3) is 0 Å². The third kappa shape index (κ3) is 4.94. The second-order valence-electron chi connectivity index (χ2n) is 4.64. The Balaban J connectivity index is 2.04. The second-order valence-corrected chi connectivity index (χ2v) is 4.64. The highest BCUT2D eigenvalue weighted by molar-refractivity contribution is 5.78. The number of ether oxygens (including phenoxy) is 1. The predicted molar refractivity (Wildman–Crippen MR) is 64.0 cm³/mol. The summed E-state index contributed by atoms with van der Waals surface area (Å²) in [5.74, 6) is 0.885. The van der Waals surface area contributed by atoms with E-state index in [1.165, 1.54) is 0 Å². The fourth-order valence-electron chi connectivity index (χ4n) is 1.94. The summed E-state index contributed by atoms with van der Waals surface area (Å²) in [7, 11) is 0. The lowest BCUT2D eigenvalue weighted by atomic mass is 10.0. The molecule has 0 aromatic rings. The van der Waals surface area contributed by atoms with Gasteiger partial charge in [-0.15, -0.1) is 0 Å². The van der Waals surface area contributed by atoms with Crippen molar-refractivity contribution in [3.8, 4) is 0 Å². The summed E-state index contributed by atoms with van der Waals surface area (Å²) in [5, 5.41) is 2.98. The normalized spacial score (nSPS) is 22.0. The molecule has 2 atom stereocenters. The van der Waals surface area contributed by atoms with Gasteiger partial charge in [0.05, 0.1) is 0 Å². The van der Waals surface area contributed by atoms with Crippen LogP contribution in [0.2, 0.25) is 0 Å². The van der Waals surface area contributed by atoms with E-state index >= 15 is 0 Å². The van der Waals surface area contributed by atoms with Crippen LogP contribution in [0.15, 0.2) is 0 Å². The molecule has 0 saturated carbocycles. The molecule has 0 spiro atoms. The smallest absolute Gasteiger partial charge is 0.222 e. The van der Waals surface area contributed by atoms with Crippen LogP contribution in [0.5, 0.6) is 0 Å². The fourth-order valence-corrected chi connectivity index (χ4v) is 1.94. The molecular weight excluding hydrogens is 204 g/mol. The van der Waals surface area contributed by atoms with Gasteiger partial charge >= 0.3 is 0 Å². The summed E-state index contributed by atoms with van der Waals surface area (Å²) < 4.78 is 5.29. The molecule has 4 heteroatoms. The van der Waals surface area contributed by atoms with E-state index in [-0.39, 0.29) is 11.8 Å². The number of carbonyl (C=O) groups excluding carboxylic acids is 1. The van der Waals surface area contributed by atoms with Crippen LogP contribution < -0.4 is 11.1 Å². The van der Waals surface area contributed by atoms with E-state index in [0.717, 1.165) is 45.4 Å². The first-order valence-electron chi connectivity index (χ1n) is 6.29. The van der Waals surface area contributed by atoms with E-state index in [4.69, 9.17) is 10.5 Å². The summed E-state index contributed by atoms with van der Waals surface area (Å²) in [6.07, 6.45) is 3.98. The van der Waals surface area contributed by atoms with Crippen molar-refractivity contribution >= 4 is 5.91 Å². The van der Waals surface area contributed by atoms with Crippen LogP contribution in [0.1, 0.15) is 32.6 Å². The lowest BCUT2D eigenvalue weighted by molar-refractivity contribution is -0.124. The standard InChI is InChI=1S/C12H24N2O2/c1-10(3-2-6-13)12(15)14-7-4-11-5-8-16-9-11/h10-11H,2-9,13H2,1H3,(H,14,15). The largest absolute Gasteiger partial charge is 0.381 e. The zero-order chi connectivity index (χ0) is 11.8. The molecule has 1 rings (SSSR count). The quantitative estimate of drug-likeness (QED) is 0.680. The van der Waals surface area contributed by atoms with E-state index < -0.39 is 0 Å². The molecule has 1 aliphatic rings. The van der Waals surface area contributed by atoms with Crippen LogP contribution in [0, 0.1) is 11.8 Å². The van der Waals surface area contributed by atoms with Crippen LogP contribution >= 0.6 is 0 Å². The first-order valence-corrected chi connectivity index (χ1v) is 6.29. The molecule has 0 radical (unpaired) electrons. The molecule has 1 aliphatic heterocycles. The first kappa shape index (κ1) is 13.5. The molecule has 1 amide bonds. The average molecular weight is 228 g/mol. The van der Waals surface area contributed by atoms with Crippen LogP contribution in [0.3, 0.4) is 0 Å². The van der Waals surface area contributed by atoms with Crippen LogP contribution in [-0.2, 0) is 9.53 Å². The zero-order valence-electron chi connectivity index (χ0n) is 10.2. The van der Waals surface area contributed by atoms with Gasteiger partial charge in [0.2, 0.25) is 5.91 Å². The van der Waals surface area contributed by atoms with Crippen LogP contribution in [0.4, 0.5) is 0 Å². The van der Waals surface area contributed by atoms with Crippen molar-refractivity contribution in [2.45, 2.75) is 32.6 Å². The Kier molecular flexibility index (Phi) is 6.42. The Morgan fingerprint density at radius 2 is 2.44 bits per heavy atom. The Labute approximate surface area is 97.9 Å². The summed E-state index contributed by atoms with van der Waals surface area (Å²) in [4.78, 5) is 11.6. The summed E-state index contributed by atoms with van der Waals surface area (Å²) in [6, 6.07) is 0. The molecule has 16 heavy (non-hydrogen) atoms. The lowest BCUT2D eigenvalue weighted by Crippen LogP contribution is -2.31. The van der Waals surface area contributed by atoms with Crippen molar-refractivity contribution in [3.05, 3.63) is 0 Å². The average Bonchev–Trinajstić information content (AvgIpc) is 2.78. The third-order valence-corrected chi connectivity index (χ3v) is 3.16. The molecule has 1 saturated heterocycles. The Hall–Kier alpha value is -0.610. The highest BCUT2D eigenvalue weighted by Crippen LogP contribution is 2.15. The molecule has 94 valence electrons. The minimum Gasteiger partial charge on any atom is -0.381 e. The van der Waals surface area contributed by atoms with Gasteiger partial charge in [0.15, 0.2) is 0 Å². The fraction of sp³-hybridized carbons (Fsp3) is 0.917. The molecule has 0 aromatic carbocycles. The molecule has 0 bridgehead atoms. The van der Waals surface area contributed by atoms with Gasteiger partial charge in [-0.05, 0) is 38.1 Å². The summed E-state index contributed by atoms with van der Waals surface area (Å²) >= 11 is 0. The Morgan fingerprint density at radius 3 is 3.06 bits per heavy atom. The maximum atomic E-state index is 11.6. The number of rotatable bonds is 7. The van der Waals surface area contributed by atoms with Gasteiger partial charge in [-0.1, -0.05) is 6.92 Å². The van der Waals surface area contributed by atoms with Crippen molar-refractivity contribution < 1.29 is 9.53 Å². The topological polar surface area (TPSA) is 64.4 Å². The maximum absolute atomic E-state index is 11.6. The molecule has 1 fully saturated rings. The van der Waals surface area contributed by atoms with E-state index in [0.29, 0.717) is 12.5 Å². The van der Waals surface area contributed by atoms with E-state index in [1.54, 1.807) is 0 Å². The van der Waals surface area contributed by atoms with Crippen molar-refractivity contribution in [3.63, 3.8) is 0 Å². The van der Waals surface area contributed by atoms with E-state index in [1.807, 2.05) is 6.92 Å². The number of nitrogens with two attached hydrogens (primary N) is 1. The molecule has 3 N–H and O–H groups in total. The second kappa shape index (κ2) is 7.63. The van der Waals surface area contributed by atoms with Crippen LogP contribution in [0.25, 0.3) is 0 Å². The first-order chi connectivity index (χ1) is 7.74. The molecular formula is C12H24N2O2. The number of hydrogen-bond donors (Lipinski definition) is 2. The molecule has 1 heterocycles. The van der Waals surface area contributed by atoms with Crippen molar-refractivity contribution in [2.75, 3.05) is 26.3 Å². The van der Waals surface area contributed by atoms with Gasteiger partial charge in [0.1, 0.15) is 0 Å². The van der Waals surface area contributed by atoms with Crippen LogP contribution in [-0.4, -0.2) is 32.2 Å². The van der Waals surface area contributed by atoms with Gasteiger partial charge in [-0.3, -0.25) is 4.79 Å². The van der Waals surface area contributed by atoms with Gasteiger partial charge in [-0.25, -0.2) is 0 Å². The van der Waals surface area contributed by atoms with Crippen molar-refractivity contribution in [1.29, 1.82) is 0 Å². The Bertz CT molecular complexity index is 203. The van der Waals surface area contributed by atoms with E-state index in [9.17, 15) is 4.79 Å². The monoisotopic (exact) mass is 228 g/mol. The maximum Gasteiger partial charge on any atom is 0.222 e. The molecule has 2 unspecified atom stereocenters. The highest BCUT2D eigenvalue weighted by atomic mass is 16.5. The summed E-state index contributed by atoms with van der Waals surface area (Å²) in [6.45, 7) is 5.14. The minimum atomic E-state index is 0.0865. The number of carbonyl (C=O) groups is 1. The van der Waals surface area contributed by atoms with Gasteiger partial charge < -0.3 is 15.8 Å². The van der Waals surface area contributed by atoms with E-state index in [2.05, 4.69) is 5.32 Å². The summed E-state index contributed by atoms with van der Waals surface area (Å²) in [5.41, 5.74) is 5.41. The zero-order valence-corrected chi connectivity index (χ0v) is 10.2. The third-order valence-electron chi connectivity index (χ3n) is 3.16. The van der Waals surface area contributed by atoms with Crippen molar-refractivity contribution in [1.82, 2.24) is 5.32 Å². The van der Waals surface area contributed by atoms with Crippen molar-refractivity contribution in [2.24, 2.45) is 17.6 Å². The number of amides is 1. The van der Waals surface area contributed by atoms with Gasteiger partial charge in [0, 0.05) is 25.7 Å².